The molecule has 3 fully saturated rings. The van der Waals surface area contributed by atoms with E-state index in [4.69, 9.17) is 4.52 Å². The summed E-state index contributed by atoms with van der Waals surface area (Å²) in [5.41, 5.74) is -7.77. The van der Waals surface area contributed by atoms with Crippen molar-refractivity contribution >= 4 is 19.4 Å². The molecule has 41 heavy (non-hydrogen) atoms. The van der Waals surface area contributed by atoms with Crippen LogP contribution in [-0.2, 0) is 18.7 Å². The minimum atomic E-state index is -5.11. The summed E-state index contributed by atoms with van der Waals surface area (Å²) in [5.74, 6) is -2.91. The smallest absolute Gasteiger partial charge is 0.390 e. The van der Waals surface area contributed by atoms with Crippen LogP contribution in [0.3, 0.4) is 0 Å². The van der Waals surface area contributed by atoms with Gasteiger partial charge >= 0.3 is 7.82 Å². The first-order valence-electron chi connectivity index (χ1n) is 14.5. The molecular weight excluding hydrogens is 555 g/mol. The van der Waals surface area contributed by atoms with E-state index in [0.717, 1.165) is 6.92 Å². The molecule has 3 saturated carbocycles. The Bertz CT molecular complexity index is 1170. The third-order valence-electron chi connectivity index (χ3n) is 11.5. The van der Waals surface area contributed by atoms with E-state index in [-0.39, 0.29) is 37.9 Å². The van der Waals surface area contributed by atoms with Gasteiger partial charge in [-0.2, -0.15) is 0 Å². The number of allylic oxidation sites excluding steroid dienone is 1. The number of ketones is 2. The van der Waals surface area contributed by atoms with Gasteiger partial charge in [0.1, 0.15) is 11.7 Å². The molecule has 7 N–H and O–H groups in total. The van der Waals surface area contributed by atoms with Gasteiger partial charge in [-0.15, -0.1) is 0 Å². The first-order chi connectivity index (χ1) is 18.4. The highest BCUT2D eigenvalue weighted by Crippen LogP contribution is 2.69. The Morgan fingerprint density at radius 3 is 2.24 bits per heavy atom. The maximum atomic E-state index is 13.7. The third-order valence-corrected chi connectivity index (χ3v) is 12.0. The van der Waals surface area contributed by atoms with Crippen LogP contribution in [0.2, 0.25) is 0 Å². The Kier molecular flexibility index (Phi) is 8.03. The summed E-state index contributed by atoms with van der Waals surface area (Å²) in [6.07, 6.45) is 0.105. The van der Waals surface area contributed by atoms with Crippen LogP contribution in [0.4, 0.5) is 0 Å². The number of rotatable bonds is 8. The fourth-order valence-corrected chi connectivity index (χ4v) is 9.54. The third kappa shape index (κ3) is 5.23. The average Bonchev–Trinajstić information content (AvgIpc) is 3.10. The summed E-state index contributed by atoms with van der Waals surface area (Å²) < 4.78 is 16.8. The molecular formula is C29H47O11P. The second-order valence-corrected chi connectivity index (χ2v) is 15.8. The van der Waals surface area contributed by atoms with Crippen molar-refractivity contribution in [2.45, 2.75) is 128 Å². The zero-order valence-corrected chi connectivity index (χ0v) is 25.7. The summed E-state index contributed by atoms with van der Waals surface area (Å²) in [6, 6.07) is 0. The molecule has 0 amide bonds. The number of Topliss-reactive ketones (excluding diaryl/α,β-unsaturated/α-hetero) is 1. The van der Waals surface area contributed by atoms with Gasteiger partial charge in [-0.25, -0.2) is 4.57 Å². The average molecular weight is 603 g/mol. The molecule has 12 heteroatoms. The van der Waals surface area contributed by atoms with Crippen molar-refractivity contribution in [1.82, 2.24) is 0 Å². The molecule has 0 saturated heterocycles. The highest BCUT2D eigenvalue weighted by molar-refractivity contribution is 7.46. The van der Waals surface area contributed by atoms with Crippen molar-refractivity contribution in [3.05, 3.63) is 11.6 Å². The quantitative estimate of drug-likeness (QED) is 0.200. The van der Waals surface area contributed by atoms with Gasteiger partial charge < -0.3 is 35.3 Å². The highest BCUT2D eigenvalue weighted by Gasteiger charge is 2.70. The van der Waals surface area contributed by atoms with Crippen LogP contribution in [-0.4, -0.2) is 81.5 Å². The van der Waals surface area contributed by atoms with Crippen LogP contribution < -0.4 is 0 Å². The van der Waals surface area contributed by atoms with Gasteiger partial charge in [0.2, 0.25) is 0 Å². The molecule has 0 radical (unpaired) electrons. The summed E-state index contributed by atoms with van der Waals surface area (Å²) in [4.78, 5) is 45.3. The summed E-state index contributed by atoms with van der Waals surface area (Å²) in [7, 11) is -5.11. The standard InChI is InChI=1S/C29H47O11P/c1-16(30)28(35)14-19-20(31)13-18-17(25(19,4)15-23(28)40-41(37,38)39)7-11-26(5)21(8-12-29(18,26)36)27(6,34)22(32)9-10-24(2,3)33/h13,17,19,21-23,32-36H,7-12,14-15H2,1-6H3,(H2,37,38,39)/t17-,19-,21-,22?,23-,25+,26+,27+,28-,29+/m0/s1. The topological polar surface area (TPSA) is 202 Å². The van der Waals surface area contributed by atoms with E-state index >= 15 is 0 Å². The van der Waals surface area contributed by atoms with E-state index in [2.05, 4.69) is 0 Å². The van der Waals surface area contributed by atoms with Gasteiger partial charge in [-0.1, -0.05) is 13.8 Å². The number of carbonyl (C=O) groups is 2. The Labute approximate surface area is 241 Å². The predicted molar refractivity (Wildman–Crippen MR) is 147 cm³/mol. The maximum absolute atomic E-state index is 13.7. The van der Waals surface area contributed by atoms with Gasteiger partial charge in [-0.05, 0) is 108 Å². The number of hydrogen-bond donors (Lipinski definition) is 7. The van der Waals surface area contributed by atoms with Crippen LogP contribution in [0.15, 0.2) is 11.6 Å². The Morgan fingerprint density at radius 1 is 1.10 bits per heavy atom. The fourth-order valence-electron chi connectivity index (χ4n) is 8.96. The van der Waals surface area contributed by atoms with Gasteiger partial charge in [0.25, 0.3) is 0 Å². The number of hydrogen-bond acceptors (Lipinski definition) is 9. The van der Waals surface area contributed by atoms with Gasteiger partial charge in [0.05, 0.1) is 22.9 Å². The zero-order chi connectivity index (χ0) is 31.2. The first kappa shape index (κ1) is 32.9. The van der Waals surface area contributed by atoms with Gasteiger partial charge in [0.15, 0.2) is 11.6 Å². The second-order valence-electron chi connectivity index (χ2n) is 14.6. The molecule has 0 heterocycles. The molecule has 0 aromatic heterocycles. The molecule has 234 valence electrons. The van der Waals surface area contributed by atoms with E-state index in [9.17, 15) is 49.5 Å². The summed E-state index contributed by atoms with van der Waals surface area (Å²) >= 11 is 0. The van der Waals surface area contributed by atoms with Crippen molar-refractivity contribution in [2.75, 3.05) is 0 Å². The van der Waals surface area contributed by atoms with Crippen LogP contribution in [0.5, 0.6) is 0 Å². The number of fused-ring (bicyclic) bond motifs is 5. The number of phosphoric acid groups is 1. The normalized spacial score (nSPS) is 43.3. The fraction of sp³-hybridized carbons (Fsp3) is 0.862. The largest absolute Gasteiger partial charge is 0.469 e. The van der Waals surface area contributed by atoms with Gasteiger partial charge in [0, 0.05) is 11.3 Å². The van der Waals surface area contributed by atoms with Crippen molar-refractivity contribution in [3.8, 4) is 0 Å². The number of phosphoric ester groups is 1. The first-order valence-corrected chi connectivity index (χ1v) is 16.0. The molecule has 0 aliphatic heterocycles. The molecule has 11 nitrogen and oxygen atoms in total. The molecule has 0 spiro atoms. The molecule has 4 rings (SSSR count). The van der Waals surface area contributed by atoms with E-state index in [1.165, 1.54) is 6.08 Å². The number of aliphatic hydroxyl groups is 5. The summed E-state index contributed by atoms with van der Waals surface area (Å²) in [5, 5.41) is 56.5. The Morgan fingerprint density at radius 2 is 1.71 bits per heavy atom. The minimum Gasteiger partial charge on any atom is -0.390 e. The van der Waals surface area contributed by atoms with E-state index in [1.807, 2.05) is 6.92 Å². The number of aliphatic hydroxyl groups excluding tert-OH is 1. The Balaban J connectivity index is 1.71. The lowest BCUT2D eigenvalue weighted by Gasteiger charge is -2.61. The van der Waals surface area contributed by atoms with Crippen LogP contribution >= 0.6 is 7.82 Å². The monoisotopic (exact) mass is 602 g/mol. The van der Waals surface area contributed by atoms with Crippen molar-refractivity contribution in [1.29, 1.82) is 0 Å². The SMILES string of the molecule is CC(=O)[C@@]1(O)C[C@H]2C(=O)C=C3[C@H](CC[C@]4(C)[C@@H]([C@@](C)(O)C(O)CCC(C)(C)O)CC[C@@]34O)[C@@]2(C)C[C@@H]1OP(=O)(O)O. The Hall–Kier alpha value is -1.01. The lowest BCUT2D eigenvalue weighted by molar-refractivity contribution is -0.189. The van der Waals surface area contributed by atoms with E-state index in [1.54, 1.807) is 27.7 Å². The molecule has 0 aromatic rings. The summed E-state index contributed by atoms with van der Waals surface area (Å²) in [6.45, 7) is 9.57. The molecule has 4 aliphatic rings. The molecule has 0 aromatic carbocycles. The molecule has 4 aliphatic carbocycles. The minimum absolute atomic E-state index is 0.158. The van der Waals surface area contributed by atoms with E-state index in [0.29, 0.717) is 24.8 Å². The molecule has 10 atom stereocenters. The van der Waals surface area contributed by atoms with Crippen molar-refractivity contribution in [2.24, 2.45) is 28.6 Å². The van der Waals surface area contributed by atoms with Crippen LogP contribution in [0.1, 0.15) is 92.9 Å². The predicted octanol–water partition coefficient (Wildman–Crippen LogP) is 1.93. The molecule has 1 unspecified atom stereocenters. The number of carbonyl (C=O) groups excluding carboxylic acids is 2. The van der Waals surface area contributed by atoms with Gasteiger partial charge in [-0.3, -0.25) is 14.1 Å². The maximum Gasteiger partial charge on any atom is 0.469 e. The lowest BCUT2D eigenvalue weighted by Crippen LogP contribution is -2.65. The van der Waals surface area contributed by atoms with Crippen molar-refractivity contribution < 1.29 is 54.0 Å². The highest BCUT2D eigenvalue weighted by atomic mass is 31.2. The molecule has 0 bridgehead atoms. The van der Waals surface area contributed by atoms with Crippen molar-refractivity contribution in [3.63, 3.8) is 0 Å². The van der Waals surface area contributed by atoms with Crippen LogP contribution in [0.25, 0.3) is 0 Å². The lowest BCUT2D eigenvalue weighted by atomic mass is 9.44. The zero-order valence-electron chi connectivity index (χ0n) is 24.8. The van der Waals surface area contributed by atoms with E-state index < -0.39 is 76.8 Å². The van der Waals surface area contributed by atoms with Crippen LogP contribution in [0, 0.1) is 28.6 Å². The second kappa shape index (κ2) is 10.0.